The number of benzene rings is 1. The number of carbonyl (C=O) groups excluding carboxylic acids is 4. The van der Waals surface area contributed by atoms with Gasteiger partial charge in [-0.1, -0.05) is 42.7 Å². The van der Waals surface area contributed by atoms with Gasteiger partial charge in [-0.2, -0.15) is 0 Å². The third-order valence-corrected chi connectivity index (χ3v) is 5.98. The number of ketones is 1. The molecule has 1 heterocycles. The summed E-state index contributed by atoms with van der Waals surface area (Å²) in [4.78, 5) is 50.1. The van der Waals surface area contributed by atoms with Gasteiger partial charge in [0.1, 0.15) is 6.04 Å². The van der Waals surface area contributed by atoms with Crippen LogP contribution < -0.4 is 27.0 Å². The van der Waals surface area contributed by atoms with Crippen LogP contribution >= 0.6 is 0 Å². The molecule has 1 aliphatic heterocycles. The summed E-state index contributed by atoms with van der Waals surface area (Å²) in [6, 6.07) is 3.65. The molecule has 2 rings (SSSR count). The summed E-state index contributed by atoms with van der Waals surface area (Å²) in [5.41, 5.74) is 8.02. The first-order chi connectivity index (χ1) is 17.3. The van der Waals surface area contributed by atoms with Gasteiger partial charge in [0.05, 0.1) is 23.8 Å². The first kappa shape index (κ1) is 30.4. The van der Waals surface area contributed by atoms with E-state index in [2.05, 4.69) is 21.3 Å². The van der Waals surface area contributed by atoms with Gasteiger partial charge in [-0.05, 0) is 53.0 Å². The van der Waals surface area contributed by atoms with Gasteiger partial charge in [0.25, 0.3) is 5.91 Å². The predicted octanol–water partition coefficient (Wildman–Crippen LogP) is 0.935. The van der Waals surface area contributed by atoms with Crippen molar-refractivity contribution in [3.8, 4) is 0 Å². The van der Waals surface area contributed by atoms with Gasteiger partial charge in [-0.15, -0.1) is 0 Å². The Kier molecular flexibility index (Phi) is 11.2. The Balaban J connectivity index is 1.87. The first-order valence-corrected chi connectivity index (χ1v) is 12.9. The van der Waals surface area contributed by atoms with Crippen LogP contribution in [0.3, 0.4) is 0 Å². The maximum Gasteiger partial charge on any atom is 0.289 e. The minimum atomic E-state index is -0.913. The van der Waals surface area contributed by atoms with E-state index in [1.165, 1.54) is 0 Å². The van der Waals surface area contributed by atoms with Crippen LogP contribution in [0.25, 0.3) is 0 Å². The average Bonchev–Trinajstić information content (AvgIpc) is 3.24. The Hall–Kier alpha value is -2.82. The van der Waals surface area contributed by atoms with Gasteiger partial charge in [0.2, 0.25) is 17.6 Å². The molecule has 0 radical (unpaired) electrons. The van der Waals surface area contributed by atoms with E-state index in [9.17, 15) is 19.2 Å². The number of Topliss-reactive ketones (excluding diaryl/α,β-unsaturated/α-hetero) is 1. The molecule has 10 nitrogen and oxygen atoms in total. The van der Waals surface area contributed by atoms with Crippen LogP contribution in [0.2, 0.25) is 0 Å². The van der Waals surface area contributed by atoms with E-state index in [0.717, 1.165) is 16.7 Å². The van der Waals surface area contributed by atoms with Gasteiger partial charge in [0, 0.05) is 19.6 Å². The quantitative estimate of drug-likeness (QED) is 0.193. The largest absolute Gasteiger partial charge is 0.371 e. The van der Waals surface area contributed by atoms with Crippen LogP contribution in [-0.2, 0) is 23.9 Å². The van der Waals surface area contributed by atoms with Crippen molar-refractivity contribution < 1.29 is 23.9 Å². The van der Waals surface area contributed by atoms with E-state index >= 15 is 0 Å². The van der Waals surface area contributed by atoms with Gasteiger partial charge < -0.3 is 31.7 Å². The fourth-order valence-corrected chi connectivity index (χ4v) is 4.52. The number of primary amides is 1. The Morgan fingerprint density at radius 3 is 2.32 bits per heavy atom. The molecule has 3 amide bonds. The third-order valence-electron chi connectivity index (χ3n) is 5.98. The number of carbonyl (C=O) groups is 4. The third kappa shape index (κ3) is 9.87. The molecule has 1 saturated heterocycles. The number of hydrogen-bond acceptors (Lipinski definition) is 7. The van der Waals surface area contributed by atoms with E-state index in [1.54, 1.807) is 0 Å². The molecular weight excluding hydrogens is 474 g/mol. The molecule has 206 valence electrons. The lowest BCUT2D eigenvalue weighted by atomic mass is 10.0. The van der Waals surface area contributed by atoms with Crippen molar-refractivity contribution in [2.75, 3.05) is 19.6 Å². The maximum atomic E-state index is 12.8. The lowest BCUT2D eigenvalue weighted by molar-refractivity contribution is -0.140. The van der Waals surface area contributed by atoms with Crippen molar-refractivity contribution in [2.24, 2.45) is 5.73 Å². The van der Waals surface area contributed by atoms with Gasteiger partial charge in [0.15, 0.2) is 0 Å². The second kappa shape index (κ2) is 13.6. The number of nitrogens with one attached hydrogen (secondary N) is 4. The highest BCUT2D eigenvalue weighted by molar-refractivity contribution is 6.38. The fourth-order valence-electron chi connectivity index (χ4n) is 4.52. The molecule has 10 heteroatoms. The molecule has 37 heavy (non-hydrogen) atoms. The minimum Gasteiger partial charge on any atom is -0.371 e. The average molecular weight is 518 g/mol. The zero-order valence-corrected chi connectivity index (χ0v) is 22.9. The summed E-state index contributed by atoms with van der Waals surface area (Å²) >= 11 is 0. The number of amides is 3. The minimum absolute atomic E-state index is 0.0974. The molecule has 1 aliphatic rings. The summed E-state index contributed by atoms with van der Waals surface area (Å²) in [5, 5.41) is 11.5. The second-order valence-electron chi connectivity index (χ2n) is 10.7. The normalized spacial score (nSPS) is 19.2. The Bertz CT molecular complexity index is 954. The number of hydrogen-bond donors (Lipinski definition) is 5. The Morgan fingerprint density at radius 1 is 1.11 bits per heavy atom. The molecule has 0 spiro atoms. The summed E-state index contributed by atoms with van der Waals surface area (Å²) in [6.07, 6.45) is 1.37. The maximum absolute atomic E-state index is 12.8. The monoisotopic (exact) mass is 517 g/mol. The highest BCUT2D eigenvalue weighted by atomic mass is 16.5. The second-order valence-corrected chi connectivity index (χ2v) is 10.7. The van der Waals surface area contributed by atoms with Crippen molar-refractivity contribution >= 4 is 23.5 Å². The SMILES string of the molecule is CCCC(NC(=O)[C@@H]1C[C@@H](OC(C)(C)C)CN1)C(=O)C(=O)NCCNC(C(N)=O)c1cc(C)cc(C)c1. The summed E-state index contributed by atoms with van der Waals surface area (Å²) < 4.78 is 5.94. The van der Waals surface area contributed by atoms with Crippen LogP contribution in [-0.4, -0.2) is 66.9 Å². The molecule has 1 aromatic carbocycles. The zero-order chi connectivity index (χ0) is 27.8. The molecule has 4 atom stereocenters. The smallest absolute Gasteiger partial charge is 0.289 e. The predicted molar refractivity (Wildman–Crippen MR) is 142 cm³/mol. The van der Waals surface area contributed by atoms with E-state index < -0.39 is 35.7 Å². The van der Waals surface area contributed by atoms with E-state index in [-0.39, 0.29) is 30.7 Å². The number of rotatable bonds is 13. The van der Waals surface area contributed by atoms with Crippen molar-refractivity contribution in [3.63, 3.8) is 0 Å². The van der Waals surface area contributed by atoms with Crippen molar-refractivity contribution in [3.05, 3.63) is 34.9 Å². The van der Waals surface area contributed by atoms with Gasteiger partial charge in [-0.3, -0.25) is 19.2 Å². The molecule has 2 unspecified atom stereocenters. The van der Waals surface area contributed by atoms with Crippen LogP contribution in [0.15, 0.2) is 18.2 Å². The summed E-state index contributed by atoms with van der Waals surface area (Å²) in [7, 11) is 0. The van der Waals surface area contributed by atoms with Gasteiger partial charge >= 0.3 is 0 Å². The molecule has 1 aromatic rings. The number of ether oxygens (including phenoxy) is 1. The molecule has 6 N–H and O–H groups in total. The first-order valence-electron chi connectivity index (χ1n) is 12.9. The van der Waals surface area contributed by atoms with Crippen molar-refractivity contribution in [2.45, 2.75) is 90.6 Å². The molecule has 0 bridgehead atoms. The van der Waals surface area contributed by atoms with Crippen LogP contribution in [0, 0.1) is 13.8 Å². The highest BCUT2D eigenvalue weighted by Gasteiger charge is 2.35. The van der Waals surface area contributed by atoms with E-state index in [1.807, 2.05) is 59.7 Å². The zero-order valence-electron chi connectivity index (χ0n) is 22.9. The summed E-state index contributed by atoms with van der Waals surface area (Å²) in [5.74, 6) is -2.33. The van der Waals surface area contributed by atoms with Crippen LogP contribution in [0.5, 0.6) is 0 Å². The Labute approximate surface area is 219 Å². The lowest BCUT2D eigenvalue weighted by Gasteiger charge is -2.24. The fraction of sp³-hybridized carbons (Fsp3) is 0.630. The molecule has 0 aliphatic carbocycles. The number of nitrogens with two attached hydrogens (primary N) is 1. The van der Waals surface area contributed by atoms with Crippen molar-refractivity contribution in [1.82, 2.24) is 21.3 Å². The standard InChI is InChI=1S/C27H43N5O5/c1-7-8-20(32-25(35)21-14-19(15-31-21)37-27(4,5)6)23(33)26(36)30-10-9-29-22(24(28)34)18-12-16(2)11-17(3)13-18/h11-13,19-22,29,31H,7-10,14-15H2,1-6H3,(H2,28,34)(H,30,36)(H,32,35)/t19-,20?,21+,22?/m1/s1. The van der Waals surface area contributed by atoms with Crippen molar-refractivity contribution in [1.29, 1.82) is 0 Å². The Morgan fingerprint density at radius 2 is 1.76 bits per heavy atom. The molecule has 1 fully saturated rings. The lowest BCUT2D eigenvalue weighted by Crippen LogP contribution is -2.52. The van der Waals surface area contributed by atoms with E-state index in [4.69, 9.17) is 10.5 Å². The summed E-state index contributed by atoms with van der Waals surface area (Å²) in [6.45, 7) is 12.5. The van der Waals surface area contributed by atoms with Crippen LogP contribution in [0.4, 0.5) is 0 Å². The highest BCUT2D eigenvalue weighted by Crippen LogP contribution is 2.19. The van der Waals surface area contributed by atoms with E-state index in [0.29, 0.717) is 25.8 Å². The van der Waals surface area contributed by atoms with Crippen LogP contribution in [0.1, 0.15) is 69.7 Å². The number of aryl methyl sites for hydroxylation is 2. The molecule has 0 saturated carbocycles. The topological polar surface area (TPSA) is 152 Å². The van der Waals surface area contributed by atoms with Gasteiger partial charge in [-0.25, -0.2) is 0 Å². The molecule has 0 aromatic heterocycles. The molecular formula is C27H43N5O5.